The molecule has 5 heteroatoms. The lowest BCUT2D eigenvalue weighted by molar-refractivity contribution is -0.148. The molecule has 0 spiro atoms. The van der Waals surface area contributed by atoms with Crippen LogP contribution in [0.3, 0.4) is 0 Å². The number of carboxylic acid groups (broad SMARTS) is 1. The van der Waals surface area contributed by atoms with Crippen LogP contribution in [0, 0.1) is 0 Å². The Labute approximate surface area is 165 Å². The molecule has 1 heterocycles. The fourth-order valence-electron chi connectivity index (χ4n) is 4.10. The molecule has 0 bridgehead atoms. The lowest BCUT2D eigenvalue weighted by Gasteiger charge is -2.39. The van der Waals surface area contributed by atoms with Crippen molar-refractivity contribution in [2.75, 3.05) is 20.2 Å². The zero-order chi connectivity index (χ0) is 20.1. The molecule has 148 valence electrons. The molecule has 5 nitrogen and oxygen atoms in total. The number of ether oxygens (including phenoxy) is 1. The van der Waals surface area contributed by atoms with Crippen molar-refractivity contribution in [2.45, 2.75) is 37.5 Å². The van der Waals surface area contributed by atoms with Gasteiger partial charge in [0.1, 0.15) is 5.75 Å². The van der Waals surface area contributed by atoms with E-state index < -0.39 is 11.4 Å². The van der Waals surface area contributed by atoms with Gasteiger partial charge in [-0.15, -0.1) is 0 Å². The van der Waals surface area contributed by atoms with Crippen molar-refractivity contribution in [3.8, 4) is 5.75 Å². The molecule has 3 rings (SSSR count). The minimum absolute atomic E-state index is 0.0314. The van der Waals surface area contributed by atoms with Crippen LogP contribution in [0.2, 0.25) is 0 Å². The van der Waals surface area contributed by atoms with Crippen LogP contribution < -0.4 is 4.74 Å². The summed E-state index contributed by atoms with van der Waals surface area (Å²) in [5.74, 6) is 0.0676. The van der Waals surface area contributed by atoms with Gasteiger partial charge < -0.3 is 14.7 Å². The van der Waals surface area contributed by atoms with Gasteiger partial charge in [0.2, 0.25) is 5.91 Å². The third-order valence-electron chi connectivity index (χ3n) is 5.86. The first kappa shape index (κ1) is 19.9. The molecule has 0 aromatic heterocycles. The molecule has 1 saturated heterocycles. The highest BCUT2D eigenvalue weighted by Crippen LogP contribution is 2.37. The molecular formula is C23H27NO4. The molecule has 1 amide bonds. The van der Waals surface area contributed by atoms with E-state index in [1.807, 2.05) is 61.5 Å². The van der Waals surface area contributed by atoms with Crippen molar-refractivity contribution in [1.29, 1.82) is 0 Å². The van der Waals surface area contributed by atoms with E-state index in [0.717, 1.165) is 16.9 Å². The number of para-hydroxylation sites is 1. The van der Waals surface area contributed by atoms with Crippen molar-refractivity contribution in [1.82, 2.24) is 4.90 Å². The molecule has 2 aromatic rings. The van der Waals surface area contributed by atoms with Crippen molar-refractivity contribution in [2.24, 2.45) is 0 Å². The smallest absolute Gasteiger partial charge is 0.314 e. The third kappa shape index (κ3) is 3.88. The van der Waals surface area contributed by atoms with E-state index in [2.05, 4.69) is 0 Å². The minimum Gasteiger partial charge on any atom is -0.496 e. The largest absolute Gasteiger partial charge is 0.496 e. The van der Waals surface area contributed by atoms with Crippen LogP contribution in [0.5, 0.6) is 5.75 Å². The van der Waals surface area contributed by atoms with Gasteiger partial charge in [-0.3, -0.25) is 9.59 Å². The normalized spacial score (nSPS) is 17.0. The number of rotatable bonds is 6. The number of hydrogen-bond acceptors (Lipinski definition) is 3. The second-order valence-corrected chi connectivity index (χ2v) is 7.48. The van der Waals surface area contributed by atoms with Crippen LogP contribution in [0.4, 0.5) is 0 Å². The van der Waals surface area contributed by atoms with Crippen LogP contribution in [-0.2, 0) is 15.0 Å². The SMILES string of the molecule is COc1ccccc1[C@H](C)CC(=O)N1CCC(C(=O)O)(c2ccccc2)CC1. The Morgan fingerprint density at radius 2 is 1.68 bits per heavy atom. The summed E-state index contributed by atoms with van der Waals surface area (Å²) < 4.78 is 5.41. The number of methoxy groups -OCH3 is 1. The zero-order valence-electron chi connectivity index (χ0n) is 16.4. The first-order valence-corrected chi connectivity index (χ1v) is 9.67. The molecule has 1 N–H and O–H groups in total. The summed E-state index contributed by atoms with van der Waals surface area (Å²) in [6, 6.07) is 17.1. The molecule has 1 aliphatic rings. The summed E-state index contributed by atoms with van der Waals surface area (Å²) in [5.41, 5.74) is 0.920. The summed E-state index contributed by atoms with van der Waals surface area (Å²) in [6.45, 7) is 2.93. The van der Waals surface area contributed by atoms with Crippen LogP contribution >= 0.6 is 0 Å². The maximum absolute atomic E-state index is 12.8. The number of likely N-dealkylation sites (tertiary alicyclic amines) is 1. The molecule has 0 radical (unpaired) electrons. The Kier molecular flexibility index (Phi) is 6.02. The van der Waals surface area contributed by atoms with Crippen molar-refractivity contribution < 1.29 is 19.4 Å². The minimum atomic E-state index is -0.910. The average Bonchev–Trinajstić information content (AvgIpc) is 2.74. The quantitative estimate of drug-likeness (QED) is 0.826. The van der Waals surface area contributed by atoms with Gasteiger partial charge in [0, 0.05) is 19.5 Å². The maximum atomic E-state index is 12.8. The second kappa shape index (κ2) is 8.46. The third-order valence-corrected chi connectivity index (χ3v) is 5.86. The number of carboxylic acids is 1. The lowest BCUT2D eigenvalue weighted by atomic mass is 9.72. The lowest BCUT2D eigenvalue weighted by Crippen LogP contribution is -2.49. The number of aliphatic carboxylic acids is 1. The van der Waals surface area contributed by atoms with Gasteiger partial charge in [0.25, 0.3) is 0 Å². The Balaban J connectivity index is 1.67. The molecule has 1 atom stereocenters. The van der Waals surface area contributed by atoms with Gasteiger partial charge in [-0.1, -0.05) is 55.5 Å². The van der Waals surface area contributed by atoms with Gasteiger partial charge in [-0.2, -0.15) is 0 Å². The fraction of sp³-hybridized carbons (Fsp3) is 0.391. The van der Waals surface area contributed by atoms with Crippen LogP contribution in [0.1, 0.15) is 43.2 Å². The van der Waals surface area contributed by atoms with Gasteiger partial charge >= 0.3 is 5.97 Å². The van der Waals surface area contributed by atoms with E-state index in [4.69, 9.17) is 4.74 Å². The van der Waals surface area contributed by atoms with Gasteiger partial charge in [0.05, 0.1) is 12.5 Å². The Hall–Kier alpha value is -2.82. The van der Waals surface area contributed by atoms with Crippen LogP contribution in [0.25, 0.3) is 0 Å². The first-order chi connectivity index (χ1) is 13.5. The summed E-state index contributed by atoms with van der Waals surface area (Å²) in [6.07, 6.45) is 1.24. The van der Waals surface area contributed by atoms with E-state index >= 15 is 0 Å². The number of piperidine rings is 1. The van der Waals surface area contributed by atoms with Gasteiger partial charge in [0.15, 0.2) is 0 Å². The first-order valence-electron chi connectivity index (χ1n) is 9.67. The molecule has 1 aliphatic heterocycles. The monoisotopic (exact) mass is 381 g/mol. The number of benzene rings is 2. The average molecular weight is 381 g/mol. The second-order valence-electron chi connectivity index (χ2n) is 7.48. The van der Waals surface area contributed by atoms with Crippen molar-refractivity contribution in [3.05, 3.63) is 65.7 Å². The van der Waals surface area contributed by atoms with Crippen molar-refractivity contribution >= 4 is 11.9 Å². The Bertz CT molecular complexity index is 826. The van der Waals surface area contributed by atoms with Gasteiger partial charge in [-0.05, 0) is 36.0 Å². The van der Waals surface area contributed by atoms with E-state index in [-0.39, 0.29) is 11.8 Å². The molecule has 0 saturated carbocycles. The molecule has 0 aliphatic carbocycles. The molecule has 0 unspecified atom stereocenters. The predicted octanol–water partition coefficient (Wildman–Crippen LogP) is 3.83. The number of amides is 1. The summed E-state index contributed by atoms with van der Waals surface area (Å²) in [4.78, 5) is 26.7. The van der Waals surface area contributed by atoms with E-state index in [0.29, 0.717) is 32.4 Å². The molecule has 28 heavy (non-hydrogen) atoms. The highest BCUT2D eigenvalue weighted by atomic mass is 16.5. The molecule has 2 aromatic carbocycles. The van der Waals surface area contributed by atoms with E-state index in [1.165, 1.54) is 0 Å². The number of hydrogen-bond donors (Lipinski definition) is 1. The fourth-order valence-corrected chi connectivity index (χ4v) is 4.10. The highest BCUT2D eigenvalue weighted by molar-refractivity contribution is 5.83. The zero-order valence-corrected chi connectivity index (χ0v) is 16.4. The molecular weight excluding hydrogens is 354 g/mol. The topological polar surface area (TPSA) is 66.8 Å². The summed E-state index contributed by atoms with van der Waals surface area (Å²) >= 11 is 0. The Morgan fingerprint density at radius 3 is 2.29 bits per heavy atom. The van der Waals surface area contributed by atoms with Crippen molar-refractivity contribution in [3.63, 3.8) is 0 Å². The van der Waals surface area contributed by atoms with E-state index in [1.54, 1.807) is 12.0 Å². The number of nitrogens with zero attached hydrogens (tertiary/aromatic N) is 1. The maximum Gasteiger partial charge on any atom is 0.314 e. The van der Waals surface area contributed by atoms with Crippen LogP contribution in [0.15, 0.2) is 54.6 Å². The Morgan fingerprint density at radius 1 is 1.07 bits per heavy atom. The summed E-state index contributed by atoms with van der Waals surface area (Å²) in [5, 5.41) is 9.90. The van der Waals surface area contributed by atoms with E-state index in [9.17, 15) is 14.7 Å². The number of carbonyl (C=O) groups is 2. The highest BCUT2D eigenvalue weighted by Gasteiger charge is 2.43. The summed E-state index contributed by atoms with van der Waals surface area (Å²) in [7, 11) is 1.63. The molecule has 1 fully saturated rings. The van der Waals surface area contributed by atoms with Crippen LogP contribution in [-0.4, -0.2) is 42.1 Å². The predicted molar refractivity (Wildman–Crippen MR) is 108 cm³/mol. The standard InChI is InChI=1S/C23H27NO4/c1-17(19-10-6-7-11-20(19)28-2)16-21(25)24-14-12-23(13-15-24,22(26)27)18-8-4-3-5-9-18/h3-11,17H,12-16H2,1-2H3,(H,26,27)/t17-/m1/s1. The van der Waals surface area contributed by atoms with Gasteiger partial charge in [-0.25, -0.2) is 0 Å². The number of carbonyl (C=O) groups excluding carboxylic acids is 1.